The molecular weight excluding hydrogens is 336 g/mol. The molecule has 1 aliphatic rings. The normalized spacial score (nSPS) is 12.2. The van der Waals surface area contributed by atoms with E-state index in [0.29, 0.717) is 12.2 Å². The van der Waals surface area contributed by atoms with E-state index in [1.165, 1.54) is 18.1 Å². The standard InChI is InChI=1S/C22H22N4O/c1-14(27)24-22-20(11-7-15-5-3-2-4-6-15)25-21-18-10-9-17(23)13-16(18)8-12-19(21)26-22/h2-6,9-10,13H,7-8,11-12,23H2,1H3,(H,24,26,27). The van der Waals surface area contributed by atoms with Gasteiger partial charge in [-0.2, -0.15) is 0 Å². The van der Waals surface area contributed by atoms with Gasteiger partial charge in [0, 0.05) is 18.2 Å². The number of nitrogen functional groups attached to an aromatic ring is 1. The molecule has 1 amide bonds. The molecule has 27 heavy (non-hydrogen) atoms. The number of carbonyl (C=O) groups excluding carboxylic acids is 1. The van der Waals surface area contributed by atoms with Crippen LogP contribution in [-0.2, 0) is 30.5 Å². The molecule has 3 N–H and O–H groups in total. The van der Waals surface area contributed by atoms with Gasteiger partial charge in [-0.3, -0.25) is 4.79 Å². The molecule has 5 heteroatoms. The Morgan fingerprint density at radius 3 is 2.67 bits per heavy atom. The Hall–Kier alpha value is -3.21. The van der Waals surface area contributed by atoms with Crippen molar-refractivity contribution in [3.63, 3.8) is 0 Å². The second-order valence-electron chi connectivity index (χ2n) is 6.90. The van der Waals surface area contributed by atoms with E-state index in [4.69, 9.17) is 15.7 Å². The molecule has 0 atom stereocenters. The van der Waals surface area contributed by atoms with Crippen LogP contribution in [-0.4, -0.2) is 15.9 Å². The Bertz CT molecular complexity index is 999. The minimum absolute atomic E-state index is 0.130. The summed E-state index contributed by atoms with van der Waals surface area (Å²) in [6.07, 6.45) is 3.23. The van der Waals surface area contributed by atoms with Crippen LogP contribution in [0.5, 0.6) is 0 Å². The van der Waals surface area contributed by atoms with Crippen molar-refractivity contribution in [2.45, 2.75) is 32.6 Å². The third-order valence-electron chi connectivity index (χ3n) is 4.84. The lowest BCUT2D eigenvalue weighted by atomic mass is 9.91. The first kappa shape index (κ1) is 17.2. The summed E-state index contributed by atoms with van der Waals surface area (Å²) in [5.41, 5.74) is 12.9. The summed E-state index contributed by atoms with van der Waals surface area (Å²) in [6.45, 7) is 1.50. The quantitative estimate of drug-likeness (QED) is 0.699. The van der Waals surface area contributed by atoms with Crippen LogP contribution < -0.4 is 11.1 Å². The van der Waals surface area contributed by atoms with Crippen LogP contribution >= 0.6 is 0 Å². The monoisotopic (exact) mass is 358 g/mol. The van der Waals surface area contributed by atoms with E-state index in [-0.39, 0.29) is 5.91 Å². The molecule has 0 saturated heterocycles. The fraction of sp³-hybridized carbons (Fsp3) is 0.227. The summed E-state index contributed by atoms with van der Waals surface area (Å²) in [6, 6.07) is 16.2. The van der Waals surface area contributed by atoms with Gasteiger partial charge in [-0.1, -0.05) is 36.4 Å². The minimum Gasteiger partial charge on any atom is -0.399 e. The van der Waals surface area contributed by atoms with Gasteiger partial charge in [0.2, 0.25) is 5.91 Å². The summed E-state index contributed by atoms with van der Waals surface area (Å²) in [4.78, 5) is 21.3. The van der Waals surface area contributed by atoms with Gasteiger partial charge in [-0.25, -0.2) is 9.97 Å². The molecule has 0 fully saturated rings. The van der Waals surface area contributed by atoms with Gasteiger partial charge in [-0.05, 0) is 48.9 Å². The van der Waals surface area contributed by atoms with Gasteiger partial charge in [0.05, 0.1) is 17.1 Å². The number of benzene rings is 2. The number of hydrogen-bond acceptors (Lipinski definition) is 4. The smallest absolute Gasteiger partial charge is 0.222 e. The average Bonchev–Trinajstić information content (AvgIpc) is 2.66. The zero-order valence-corrected chi connectivity index (χ0v) is 15.3. The van der Waals surface area contributed by atoms with E-state index in [1.807, 2.05) is 36.4 Å². The van der Waals surface area contributed by atoms with E-state index in [0.717, 1.165) is 47.6 Å². The zero-order chi connectivity index (χ0) is 18.8. The molecule has 0 unspecified atom stereocenters. The number of rotatable bonds is 4. The van der Waals surface area contributed by atoms with Gasteiger partial charge in [-0.15, -0.1) is 0 Å². The molecule has 0 saturated carbocycles. The summed E-state index contributed by atoms with van der Waals surface area (Å²) in [7, 11) is 0. The number of fused-ring (bicyclic) bond motifs is 3. The van der Waals surface area contributed by atoms with Crippen LogP contribution in [0.15, 0.2) is 48.5 Å². The number of anilines is 2. The van der Waals surface area contributed by atoms with E-state index in [9.17, 15) is 4.79 Å². The number of aryl methyl sites for hydroxylation is 4. The fourth-order valence-corrected chi connectivity index (χ4v) is 3.55. The van der Waals surface area contributed by atoms with Crippen molar-refractivity contribution in [3.05, 3.63) is 71.0 Å². The number of amides is 1. The summed E-state index contributed by atoms with van der Waals surface area (Å²) >= 11 is 0. The SMILES string of the molecule is CC(=O)Nc1nc2c(nc1CCc1ccccc1)-c1ccc(N)cc1CC2. The Kier molecular flexibility index (Phi) is 4.59. The maximum atomic E-state index is 11.7. The van der Waals surface area contributed by atoms with Crippen LogP contribution in [0.25, 0.3) is 11.3 Å². The largest absolute Gasteiger partial charge is 0.399 e. The van der Waals surface area contributed by atoms with Gasteiger partial charge in [0.15, 0.2) is 5.82 Å². The fourth-order valence-electron chi connectivity index (χ4n) is 3.55. The van der Waals surface area contributed by atoms with Crippen LogP contribution in [0.3, 0.4) is 0 Å². The average molecular weight is 358 g/mol. The van der Waals surface area contributed by atoms with E-state index >= 15 is 0 Å². The first-order chi connectivity index (χ1) is 13.1. The number of nitrogens with zero attached hydrogens (tertiary/aromatic N) is 2. The predicted molar refractivity (Wildman–Crippen MR) is 107 cm³/mol. The topological polar surface area (TPSA) is 80.9 Å². The highest BCUT2D eigenvalue weighted by Crippen LogP contribution is 2.34. The number of nitrogens with two attached hydrogens (primary N) is 1. The van der Waals surface area contributed by atoms with Crippen molar-refractivity contribution in [2.75, 3.05) is 11.1 Å². The molecule has 4 rings (SSSR count). The Labute approximate surface area is 158 Å². The number of hydrogen-bond donors (Lipinski definition) is 2. The van der Waals surface area contributed by atoms with Crippen molar-refractivity contribution in [2.24, 2.45) is 0 Å². The van der Waals surface area contributed by atoms with Crippen LogP contribution in [0.2, 0.25) is 0 Å². The van der Waals surface area contributed by atoms with Crippen LogP contribution in [0.4, 0.5) is 11.5 Å². The number of nitrogens with one attached hydrogen (secondary N) is 1. The molecule has 0 spiro atoms. The lowest BCUT2D eigenvalue weighted by Gasteiger charge is -2.21. The van der Waals surface area contributed by atoms with E-state index in [2.05, 4.69) is 17.4 Å². The van der Waals surface area contributed by atoms with Gasteiger partial charge < -0.3 is 11.1 Å². The first-order valence-corrected chi connectivity index (χ1v) is 9.20. The molecule has 1 heterocycles. The molecule has 3 aromatic rings. The lowest BCUT2D eigenvalue weighted by molar-refractivity contribution is -0.114. The highest BCUT2D eigenvalue weighted by atomic mass is 16.1. The maximum Gasteiger partial charge on any atom is 0.222 e. The summed E-state index contributed by atoms with van der Waals surface area (Å²) < 4.78 is 0. The molecule has 1 aromatic heterocycles. The molecule has 0 bridgehead atoms. The van der Waals surface area contributed by atoms with Crippen molar-refractivity contribution >= 4 is 17.4 Å². The summed E-state index contributed by atoms with van der Waals surface area (Å²) in [5.74, 6) is 0.449. The van der Waals surface area contributed by atoms with Crippen LogP contribution in [0, 0.1) is 0 Å². The third kappa shape index (κ3) is 3.67. The van der Waals surface area contributed by atoms with Crippen LogP contribution in [0.1, 0.15) is 29.4 Å². The third-order valence-corrected chi connectivity index (χ3v) is 4.84. The number of aromatic nitrogens is 2. The highest BCUT2D eigenvalue weighted by Gasteiger charge is 2.22. The second-order valence-corrected chi connectivity index (χ2v) is 6.90. The van der Waals surface area contributed by atoms with E-state index < -0.39 is 0 Å². The molecule has 1 aliphatic carbocycles. The highest BCUT2D eigenvalue weighted by molar-refractivity contribution is 5.88. The molecule has 2 aromatic carbocycles. The Balaban J connectivity index is 1.73. The van der Waals surface area contributed by atoms with Crippen molar-refractivity contribution in [1.29, 1.82) is 0 Å². The molecule has 0 radical (unpaired) electrons. The predicted octanol–water partition coefficient (Wildman–Crippen LogP) is 3.57. The molecule has 0 aliphatic heterocycles. The number of carbonyl (C=O) groups is 1. The first-order valence-electron chi connectivity index (χ1n) is 9.20. The molecular formula is C22H22N4O. The Morgan fingerprint density at radius 1 is 1.07 bits per heavy atom. The van der Waals surface area contributed by atoms with Crippen molar-refractivity contribution in [1.82, 2.24) is 9.97 Å². The van der Waals surface area contributed by atoms with Gasteiger partial charge in [0.1, 0.15) is 0 Å². The van der Waals surface area contributed by atoms with Crippen molar-refractivity contribution < 1.29 is 4.79 Å². The Morgan fingerprint density at radius 2 is 1.89 bits per heavy atom. The summed E-state index contributed by atoms with van der Waals surface area (Å²) in [5, 5.41) is 2.86. The lowest BCUT2D eigenvalue weighted by Crippen LogP contribution is -2.16. The molecule has 5 nitrogen and oxygen atoms in total. The zero-order valence-electron chi connectivity index (χ0n) is 15.3. The van der Waals surface area contributed by atoms with Gasteiger partial charge in [0.25, 0.3) is 0 Å². The van der Waals surface area contributed by atoms with E-state index in [1.54, 1.807) is 0 Å². The minimum atomic E-state index is -0.130. The second kappa shape index (κ2) is 7.19. The van der Waals surface area contributed by atoms with Crippen molar-refractivity contribution in [3.8, 4) is 11.3 Å². The maximum absolute atomic E-state index is 11.7. The van der Waals surface area contributed by atoms with Gasteiger partial charge >= 0.3 is 0 Å². The molecule has 136 valence electrons.